The molecule has 0 bridgehead atoms. The lowest BCUT2D eigenvalue weighted by Gasteiger charge is -2.30. The maximum absolute atomic E-state index is 12.3. The number of nitrogens with zero attached hydrogens (tertiary/aromatic N) is 1. The molecule has 0 radical (unpaired) electrons. The predicted molar refractivity (Wildman–Crippen MR) is 88.2 cm³/mol. The summed E-state index contributed by atoms with van der Waals surface area (Å²) >= 11 is 0. The first-order valence-electron chi connectivity index (χ1n) is 7.85. The molecule has 0 aliphatic carbocycles. The van der Waals surface area contributed by atoms with Crippen LogP contribution in [0.2, 0.25) is 0 Å². The molecule has 1 aliphatic rings. The number of nitrogens with one attached hydrogen (secondary N) is 1. The highest BCUT2D eigenvalue weighted by Crippen LogP contribution is 2.16. The van der Waals surface area contributed by atoms with E-state index in [-0.39, 0.29) is 10.5 Å². The van der Waals surface area contributed by atoms with Gasteiger partial charge >= 0.3 is 5.97 Å². The van der Waals surface area contributed by atoms with Crippen molar-refractivity contribution in [3.05, 3.63) is 29.3 Å². The minimum atomic E-state index is -3.69. The monoisotopic (exact) mass is 340 g/mol. The SMILES string of the molecule is Cc1ccc(S(=O)(=O)NCCN2CCCC(C)C2)cc1C(=O)O. The minimum absolute atomic E-state index is 0.00693. The van der Waals surface area contributed by atoms with E-state index in [1.54, 1.807) is 6.92 Å². The third kappa shape index (κ3) is 4.76. The Hall–Kier alpha value is -1.44. The Labute approximate surface area is 137 Å². The van der Waals surface area contributed by atoms with E-state index in [0.717, 1.165) is 19.5 Å². The lowest BCUT2D eigenvalue weighted by atomic mass is 10.0. The van der Waals surface area contributed by atoms with Gasteiger partial charge in [0, 0.05) is 19.6 Å². The van der Waals surface area contributed by atoms with Crippen molar-refractivity contribution in [2.45, 2.75) is 31.6 Å². The van der Waals surface area contributed by atoms with Crippen molar-refractivity contribution in [2.24, 2.45) is 5.92 Å². The summed E-state index contributed by atoms with van der Waals surface area (Å²) in [6, 6.07) is 4.17. The van der Waals surface area contributed by atoms with Crippen LogP contribution in [0.15, 0.2) is 23.1 Å². The van der Waals surface area contributed by atoms with Crippen LogP contribution in [0.25, 0.3) is 0 Å². The number of likely N-dealkylation sites (tertiary alicyclic amines) is 1. The van der Waals surface area contributed by atoms with Gasteiger partial charge in [0.05, 0.1) is 10.5 Å². The van der Waals surface area contributed by atoms with Gasteiger partial charge in [-0.1, -0.05) is 13.0 Å². The van der Waals surface area contributed by atoms with Crippen LogP contribution in [0, 0.1) is 12.8 Å². The lowest BCUT2D eigenvalue weighted by molar-refractivity contribution is 0.0696. The molecule has 1 aliphatic heterocycles. The number of aromatic carboxylic acids is 1. The van der Waals surface area contributed by atoms with Gasteiger partial charge in [-0.3, -0.25) is 0 Å². The van der Waals surface area contributed by atoms with Crippen LogP contribution in [0.5, 0.6) is 0 Å². The molecule has 6 nitrogen and oxygen atoms in total. The van der Waals surface area contributed by atoms with Crippen molar-refractivity contribution in [1.29, 1.82) is 0 Å². The molecule has 0 amide bonds. The van der Waals surface area contributed by atoms with E-state index < -0.39 is 16.0 Å². The third-order valence-corrected chi connectivity index (χ3v) is 5.67. The van der Waals surface area contributed by atoms with Gasteiger partial charge in [-0.25, -0.2) is 17.9 Å². The van der Waals surface area contributed by atoms with Crippen LogP contribution >= 0.6 is 0 Å². The highest BCUT2D eigenvalue weighted by atomic mass is 32.2. The van der Waals surface area contributed by atoms with Gasteiger partial charge in [-0.15, -0.1) is 0 Å². The molecular formula is C16H24N2O4S. The van der Waals surface area contributed by atoms with Gasteiger partial charge in [0.25, 0.3) is 0 Å². The summed E-state index contributed by atoms with van der Waals surface area (Å²) in [6.45, 7) is 6.84. The predicted octanol–water partition coefficient (Wildman–Crippen LogP) is 1.70. The molecule has 1 atom stereocenters. The second-order valence-electron chi connectivity index (χ2n) is 6.23. The third-order valence-electron chi connectivity index (χ3n) is 4.21. The Balaban J connectivity index is 1.99. The minimum Gasteiger partial charge on any atom is -0.478 e. The summed E-state index contributed by atoms with van der Waals surface area (Å²) in [4.78, 5) is 13.4. The molecule has 1 aromatic carbocycles. The number of benzene rings is 1. The zero-order valence-corrected chi connectivity index (χ0v) is 14.4. The number of piperidine rings is 1. The van der Waals surface area contributed by atoms with Gasteiger partial charge < -0.3 is 10.0 Å². The zero-order chi connectivity index (χ0) is 17.0. The molecule has 0 saturated carbocycles. The first-order chi connectivity index (χ1) is 10.8. The van der Waals surface area contributed by atoms with Crippen molar-refractivity contribution in [3.8, 4) is 0 Å². The summed E-state index contributed by atoms with van der Waals surface area (Å²) in [5.74, 6) is -0.475. The average molecular weight is 340 g/mol. The number of hydrogen-bond donors (Lipinski definition) is 2. The van der Waals surface area contributed by atoms with E-state index in [1.165, 1.54) is 24.6 Å². The van der Waals surface area contributed by atoms with Gasteiger partial charge in [0.2, 0.25) is 10.0 Å². The number of rotatable bonds is 6. The molecule has 2 N–H and O–H groups in total. The van der Waals surface area contributed by atoms with Crippen molar-refractivity contribution >= 4 is 16.0 Å². The van der Waals surface area contributed by atoms with E-state index in [1.807, 2.05) is 0 Å². The maximum atomic E-state index is 12.3. The second-order valence-corrected chi connectivity index (χ2v) is 7.99. The van der Waals surface area contributed by atoms with Crippen LogP contribution in [0.1, 0.15) is 35.7 Å². The van der Waals surface area contributed by atoms with E-state index in [2.05, 4.69) is 16.5 Å². The maximum Gasteiger partial charge on any atom is 0.335 e. The highest BCUT2D eigenvalue weighted by molar-refractivity contribution is 7.89. The molecule has 2 rings (SSSR count). The zero-order valence-electron chi connectivity index (χ0n) is 13.6. The Kier molecular flexibility index (Phi) is 5.78. The van der Waals surface area contributed by atoms with Crippen LogP contribution in [-0.4, -0.2) is 50.6 Å². The first-order valence-corrected chi connectivity index (χ1v) is 9.34. The molecule has 23 heavy (non-hydrogen) atoms. The summed E-state index contributed by atoms with van der Waals surface area (Å²) in [7, 11) is -3.69. The Bertz CT molecular complexity index is 673. The van der Waals surface area contributed by atoms with Crippen molar-refractivity contribution < 1.29 is 18.3 Å². The van der Waals surface area contributed by atoms with E-state index >= 15 is 0 Å². The molecule has 0 aromatic heterocycles. The molecule has 7 heteroatoms. The highest BCUT2D eigenvalue weighted by Gasteiger charge is 2.19. The normalized spacial score (nSPS) is 19.7. The van der Waals surface area contributed by atoms with Gasteiger partial charge in [-0.2, -0.15) is 0 Å². The standard InChI is InChI=1S/C16H24N2O4S/c1-12-4-3-8-18(11-12)9-7-17-23(21,22)14-6-5-13(2)15(10-14)16(19)20/h5-6,10,12,17H,3-4,7-9,11H2,1-2H3,(H,19,20). The van der Waals surface area contributed by atoms with Gasteiger partial charge in [0.15, 0.2) is 0 Å². The largest absolute Gasteiger partial charge is 0.478 e. The fourth-order valence-corrected chi connectivity index (χ4v) is 3.96. The van der Waals surface area contributed by atoms with Crippen LogP contribution in [0.3, 0.4) is 0 Å². The quantitative estimate of drug-likeness (QED) is 0.823. The van der Waals surface area contributed by atoms with Crippen molar-refractivity contribution in [3.63, 3.8) is 0 Å². The number of carboxylic acid groups (broad SMARTS) is 1. The molecule has 1 unspecified atom stereocenters. The number of aryl methyl sites for hydroxylation is 1. The Morgan fingerprint density at radius 3 is 2.83 bits per heavy atom. The molecule has 1 saturated heterocycles. The number of carboxylic acids is 1. The molecular weight excluding hydrogens is 316 g/mol. The van der Waals surface area contributed by atoms with E-state index in [0.29, 0.717) is 24.6 Å². The number of hydrogen-bond acceptors (Lipinski definition) is 4. The molecule has 1 fully saturated rings. The summed E-state index contributed by atoms with van der Waals surface area (Å²) in [5.41, 5.74) is 0.552. The average Bonchev–Trinajstić information content (AvgIpc) is 2.47. The summed E-state index contributed by atoms with van der Waals surface area (Å²) in [5, 5.41) is 9.10. The topological polar surface area (TPSA) is 86.7 Å². The molecule has 1 aromatic rings. The Morgan fingerprint density at radius 2 is 2.17 bits per heavy atom. The van der Waals surface area contributed by atoms with Crippen LogP contribution < -0.4 is 4.72 Å². The van der Waals surface area contributed by atoms with Gasteiger partial charge in [-0.05, 0) is 49.9 Å². The van der Waals surface area contributed by atoms with E-state index in [4.69, 9.17) is 5.11 Å². The van der Waals surface area contributed by atoms with Crippen molar-refractivity contribution in [1.82, 2.24) is 9.62 Å². The molecule has 0 spiro atoms. The van der Waals surface area contributed by atoms with Crippen molar-refractivity contribution in [2.75, 3.05) is 26.2 Å². The fraction of sp³-hybridized carbons (Fsp3) is 0.562. The first kappa shape index (κ1) is 17.9. The summed E-state index contributed by atoms with van der Waals surface area (Å²) in [6.07, 6.45) is 2.37. The Morgan fingerprint density at radius 1 is 1.43 bits per heavy atom. The van der Waals surface area contributed by atoms with Crippen LogP contribution in [0.4, 0.5) is 0 Å². The summed E-state index contributed by atoms with van der Waals surface area (Å²) < 4.78 is 27.2. The van der Waals surface area contributed by atoms with Gasteiger partial charge in [0.1, 0.15) is 0 Å². The number of sulfonamides is 1. The second kappa shape index (κ2) is 7.42. The smallest absolute Gasteiger partial charge is 0.335 e. The number of carbonyl (C=O) groups is 1. The lowest BCUT2D eigenvalue weighted by Crippen LogP contribution is -2.40. The fourth-order valence-electron chi connectivity index (χ4n) is 2.91. The van der Waals surface area contributed by atoms with E-state index in [9.17, 15) is 13.2 Å². The molecule has 128 valence electrons. The molecule has 1 heterocycles. The van der Waals surface area contributed by atoms with Crippen LogP contribution in [-0.2, 0) is 10.0 Å².